The molecule has 5 nitrogen and oxygen atoms in total. The van der Waals surface area contributed by atoms with Gasteiger partial charge in [-0.1, -0.05) is 13.8 Å². The quantitative estimate of drug-likeness (QED) is 0.870. The Bertz CT molecular complexity index is 487. The van der Waals surface area contributed by atoms with Crippen LogP contribution in [0.1, 0.15) is 26.7 Å². The number of amides is 2. The summed E-state index contributed by atoms with van der Waals surface area (Å²) < 4.78 is 17.9. The van der Waals surface area contributed by atoms with Crippen LogP contribution in [0.25, 0.3) is 0 Å². The molecule has 0 unspecified atom stereocenters. The van der Waals surface area contributed by atoms with Crippen LogP contribution in [-0.2, 0) is 9.53 Å². The molecule has 0 spiro atoms. The maximum Gasteiger partial charge on any atom is 0.411 e. The summed E-state index contributed by atoms with van der Waals surface area (Å²) in [4.78, 5) is 23.0. The maximum atomic E-state index is 13.5. The van der Waals surface area contributed by atoms with Gasteiger partial charge in [-0.3, -0.25) is 10.1 Å². The summed E-state index contributed by atoms with van der Waals surface area (Å²) in [6, 6.07) is 3.97. The fourth-order valence-electron chi connectivity index (χ4n) is 1.76. The molecule has 0 fully saturated rings. The first-order valence-electron chi connectivity index (χ1n) is 6.47. The highest BCUT2D eigenvalue weighted by atomic mass is 19.1. The molecule has 1 rings (SSSR count). The Morgan fingerprint density at radius 3 is 2.45 bits per heavy atom. The van der Waals surface area contributed by atoms with Crippen molar-refractivity contribution < 1.29 is 18.7 Å². The van der Waals surface area contributed by atoms with Gasteiger partial charge < -0.3 is 10.1 Å². The van der Waals surface area contributed by atoms with Crippen molar-refractivity contribution in [1.82, 2.24) is 0 Å². The van der Waals surface area contributed by atoms with E-state index in [4.69, 9.17) is 0 Å². The Balaban J connectivity index is 2.84. The molecule has 0 aliphatic heterocycles. The van der Waals surface area contributed by atoms with Crippen molar-refractivity contribution in [2.75, 3.05) is 17.7 Å². The third kappa shape index (κ3) is 4.22. The zero-order valence-corrected chi connectivity index (χ0v) is 11.8. The first-order valence-corrected chi connectivity index (χ1v) is 6.47. The predicted octanol–water partition coefficient (Wildman–Crippen LogP) is 3.38. The van der Waals surface area contributed by atoms with Crippen molar-refractivity contribution >= 4 is 23.4 Å². The van der Waals surface area contributed by atoms with Crippen LogP contribution in [-0.4, -0.2) is 19.1 Å². The van der Waals surface area contributed by atoms with Gasteiger partial charge in [0.05, 0.1) is 12.8 Å². The van der Waals surface area contributed by atoms with Crippen LogP contribution in [0.4, 0.5) is 20.6 Å². The van der Waals surface area contributed by atoms with E-state index in [-0.39, 0.29) is 17.5 Å². The van der Waals surface area contributed by atoms with Crippen molar-refractivity contribution in [3.63, 3.8) is 0 Å². The minimum Gasteiger partial charge on any atom is -0.453 e. The van der Waals surface area contributed by atoms with Crippen LogP contribution in [0.2, 0.25) is 0 Å². The van der Waals surface area contributed by atoms with Gasteiger partial charge in [-0.15, -0.1) is 0 Å². The van der Waals surface area contributed by atoms with Gasteiger partial charge in [0.15, 0.2) is 0 Å². The first-order chi connectivity index (χ1) is 9.51. The van der Waals surface area contributed by atoms with Crippen LogP contribution in [0.5, 0.6) is 0 Å². The van der Waals surface area contributed by atoms with Crippen molar-refractivity contribution in [3.05, 3.63) is 24.0 Å². The summed E-state index contributed by atoms with van der Waals surface area (Å²) in [5.74, 6) is -0.807. The number of hydrogen-bond acceptors (Lipinski definition) is 3. The van der Waals surface area contributed by atoms with Crippen molar-refractivity contribution in [2.45, 2.75) is 26.7 Å². The summed E-state index contributed by atoms with van der Waals surface area (Å²) in [5.41, 5.74) is 0.383. The Labute approximate surface area is 117 Å². The lowest BCUT2D eigenvalue weighted by Crippen LogP contribution is -2.21. The van der Waals surface area contributed by atoms with E-state index in [9.17, 15) is 14.0 Å². The van der Waals surface area contributed by atoms with Crippen LogP contribution >= 0.6 is 0 Å². The van der Waals surface area contributed by atoms with Crippen molar-refractivity contribution in [2.24, 2.45) is 5.92 Å². The fourth-order valence-corrected chi connectivity index (χ4v) is 1.76. The van der Waals surface area contributed by atoms with Crippen molar-refractivity contribution in [3.8, 4) is 0 Å². The van der Waals surface area contributed by atoms with Crippen molar-refractivity contribution in [1.29, 1.82) is 0 Å². The summed E-state index contributed by atoms with van der Waals surface area (Å²) in [6.45, 7) is 3.87. The normalized spacial score (nSPS) is 10.2. The van der Waals surface area contributed by atoms with E-state index in [1.807, 2.05) is 13.8 Å². The average Bonchev–Trinajstić information content (AvgIpc) is 2.43. The molecule has 0 aliphatic rings. The number of nitrogens with one attached hydrogen (secondary N) is 2. The van der Waals surface area contributed by atoms with Gasteiger partial charge in [0, 0.05) is 11.6 Å². The second-order valence-electron chi connectivity index (χ2n) is 4.31. The van der Waals surface area contributed by atoms with E-state index in [1.165, 1.54) is 25.3 Å². The molecule has 0 saturated heterocycles. The molecule has 0 bridgehead atoms. The molecule has 110 valence electrons. The number of rotatable bonds is 5. The van der Waals surface area contributed by atoms with Gasteiger partial charge in [0.1, 0.15) is 5.82 Å². The van der Waals surface area contributed by atoms with Gasteiger partial charge >= 0.3 is 6.09 Å². The Morgan fingerprint density at radius 2 is 1.90 bits per heavy atom. The summed E-state index contributed by atoms with van der Waals surface area (Å²) in [7, 11) is 1.19. The highest BCUT2D eigenvalue weighted by Gasteiger charge is 2.15. The first kappa shape index (κ1) is 15.9. The Kier molecular flexibility index (Phi) is 5.96. The molecule has 0 atom stereocenters. The second kappa shape index (κ2) is 7.47. The molecule has 6 heteroatoms. The zero-order chi connectivity index (χ0) is 15.1. The number of benzene rings is 1. The van der Waals surface area contributed by atoms with E-state index in [1.54, 1.807) is 0 Å². The van der Waals surface area contributed by atoms with Gasteiger partial charge in [0.25, 0.3) is 0 Å². The number of halogens is 1. The smallest absolute Gasteiger partial charge is 0.411 e. The Morgan fingerprint density at radius 1 is 1.25 bits per heavy atom. The van der Waals surface area contributed by atoms with E-state index < -0.39 is 11.9 Å². The molecule has 0 heterocycles. The van der Waals surface area contributed by atoms with E-state index in [0.29, 0.717) is 5.69 Å². The summed E-state index contributed by atoms with van der Waals surface area (Å²) >= 11 is 0. The molecule has 2 amide bonds. The summed E-state index contributed by atoms with van der Waals surface area (Å²) in [5, 5.41) is 4.95. The molecule has 0 aromatic heterocycles. The summed E-state index contributed by atoms with van der Waals surface area (Å²) in [6.07, 6.45) is 0.695. The zero-order valence-electron chi connectivity index (χ0n) is 11.8. The van der Waals surface area contributed by atoms with Crippen LogP contribution in [0, 0.1) is 11.7 Å². The lowest BCUT2D eigenvalue weighted by atomic mass is 10.0. The molecule has 2 N–H and O–H groups in total. The lowest BCUT2D eigenvalue weighted by molar-refractivity contribution is -0.120. The third-order valence-corrected chi connectivity index (χ3v) is 3.01. The largest absolute Gasteiger partial charge is 0.453 e. The van der Waals surface area contributed by atoms with Gasteiger partial charge in [-0.25, -0.2) is 9.18 Å². The molecule has 0 radical (unpaired) electrons. The van der Waals surface area contributed by atoms with Crippen LogP contribution < -0.4 is 10.6 Å². The minimum atomic E-state index is -0.771. The van der Waals surface area contributed by atoms with Gasteiger partial charge in [0.2, 0.25) is 5.91 Å². The van der Waals surface area contributed by atoms with Gasteiger partial charge in [-0.05, 0) is 31.0 Å². The number of carbonyl (C=O) groups is 2. The lowest BCUT2D eigenvalue weighted by Gasteiger charge is -2.14. The average molecular weight is 282 g/mol. The monoisotopic (exact) mass is 282 g/mol. The molecular weight excluding hydrogens is 263 g/mol. The number of carbonyl (C=O) groups excluding carboxylic acids is 2. The number of ether oxygens (including phenoxy) is 1. The molecule has 0 saturated carbocycles. The predicted molar refractivity (Wildman–Crippen MR) is 75.1 cm³/mol. The number of hydrogen-bond donors (Lipinski definition) is 2. The molecular formula is C14H19FN2O3. The van der Waals surface area contributed by atoms with Gasteiger partial charge in [-0.2, -0.15) is 0 Å². The topological polar surface area (TPSA) is 67.4 Å². The highest BCUT2D eigenvalue weighted by molar-refractivity contribution is 5.93. The fraction of sp³-hybridized carbons (Fsp3) is 0.429. The molecule has 20 heavy (non-hydrogen) atoms. The number of methoxy groups -OCH3 is 1. The Hall–Kier alpha value is -2.11. The minimum absolute atomic E-state index is 0.0424. The molecule has 1 aromatic carbocycles. The molecule has 0 aliphatic carbocycles. The standard InChI is InChI=1S/C14H19FN2O3/c1-4-9(5-2)13(18)16-10-6-7-11(15)12(8-10)17-14(19)20-3/h6-9H,4-5H2,1-3H3,(H,16,18)(H,17,19). The number of anilines is 2. The molecule has 1 aromatic rings. The van der Waals surface area contributed by atoms with E-state index in [2.05, 4.69) is 15.4 Å². The second-order valence-corrected chi connectivity index (χ2v) is 4.31. The maximum absolute atomic E-state index is 13.5. The van der Waals surface area contributed by atoms with E-state index in [0.717, 1.165) is 12.8 Å². The van der Waals surface area contributed by atoms with Crippen LogP contribution in [0.15, 0.2) is 18.2 Å². The van der Waals surface area contributed by atoms with E-state index >= 15 is 0 Å². The third-order valence-electron chi connectivity index (χ3n) is 3.01. The SMILES string of the molecule is CCC(CC)C(=O)Nc1ccc(F)c(NC(=O)OC)c1. The van der Waals surface area contributed by atoms with Crippen LogP contribution in [0.3, 0.4) is 0 Å². The highest BCUT2D eigenvalue weighted by Crippen LogP contribution is 2.21.